The summed E-state index contributed by atoms with van der Waals surface area (Å²) in [5, 5.41) is 10.6. The first-order chi connectivity index (χ1) is 18.4. The number of carbonyl (C=O) groups excluding carboxylic acids is 1. The maximum Gasteiger partial charge on any atom is 0.231 e. The Kier molecular flexibility index (Phi) is 10.3. The van der Waals surface area contributed by atoms with Crippen LogP contribution in [0.5, 0.6) is 0 Å². The molecule has 3 aromatic rings. The summed E-state index contributed by atoms with van der Waals surface area (Å²) in [6.07, 6.45) is 3.75. The number of aliphatic hydroxyl groups excluding tert-OH is 1. The van der Waals surface area contributed by atoms with E-state index < -0.39 is 6.10 Å². The third-order valence-corrected chi connectivity index (χ3v) is 9.91. The highest BCUT2D eigenvalue weighted by molar-refractivity contribution is 8.23. The Labute approximate surface area is 240 Å². The Balaban J connectivity index is 1.46. The average Bonchev–Trinajstić information content (AvgIpc) is 3.34. The van der Waals surface area contributed by atoms with Gasteiger partial charge in [0.1, 0.15) is 4.32 Å². The topological polar surface area (TPSA) is 40.5 Å². The summed E-state index contributed by atoms with van der Waals surface area (Å²) in [7, 11) is 0. The van der Waals surface area contributed by atoms with E-state index in [1.807, 2.05) is 17.8 Å². The van der Waals surface area contributed by atoms with Crippen molar-refractivity contribution >= 4 is 46.0 Å². The lowest BCUT2D eigenvalue weighted by molar-refractivity contribution is -0.130. The van der Waals surface area contributed by atoms with Crippen molar-refractivity contribution in [1.82, 2.24) is 4.90 Å². The standard InChI is InChI=1S/C32H35NO2S3/c1-24(2)29-23-37-31(36)33(29)30(35)22-28(34)20-12-13-21-38-32(25-14-6-3-7-15-25,26-16-8-4-9-17-26)27-18-10-5-11-19-27/h3-12,14-20,24,28-29,34H,13,21-23H2,1-2H3/b20-12+/t28?,29-/m0/s1. The van der Waals surface area contributed by atoms with E-state index in [0.29, 0.717) is 10.2 Å². The van der Waals surface area contributed by atoms with E-state index in [9.17, 15) is 9.90 Å². The molecule has 1 aliphatic rings. The summed E-state index contributed by atoms with van der Waals surface area (Å²) in [5.41, 5.74) is 3.70. The zero-order valence-electron chi connectivity index (χ0n) is 21.9. The first-order valence-electron chi connectivity index (χ1n) is 13.1. The number of aliphatic hydroxyl groups is 1. The Morgan fingerprint density at radius 1 is 1.00 bits per heavy atom. The van der Waals surface area contributed by atoms with E-state index in [2.05, 4.69) is 105 Å². The smallest absolute Gasteiger partial charge is 0.231 e. The maximum atomic E-state index is 12.9. The van der Waals surface area contributed by atoms with Crippen molar-refractivity contribution in [3.05, 3.63) is 120 Å². The predicted octanol–water partition coefficient (Wildman–Crippen LogP) is 7.29. The summed E-state index contributed by atoms with van der Waals surface area (Å²) in [5.74, 6) is 1.91. The molecule has 0 aromatic heterocycles. The zero-order valence-corrected chi connectivity index (χ0v) is 24.4. The number of thioether (sulfide) groups is 2. The molecule has 0 radical (unpaired) electrons. The van der Waals surface area contributed by atoms with Gasteiger partial charge in [-0.2, -0.15) is 0 Å². The van der Waals surface area contributed by atoms with Crippen LogP contribution in [0.25, 0.3) is 0 Å². The highest BCUT2D eigenvalue weighted by Gasteiger charge is 2.37. The minimum absolute atomic E-state index is 0.0511. The minimum Gasteiger partial charge on any atom is -0.389 e. The number of carbonyl (C=O) groups is 1. The van der Waals surface area contributed by atoms with E-state index in [-0.39, 0.29) is 23.1 Å². The van der Waals surface area contributed by atoms with Crippen molar-refractivity contribution in [3.63, 3.8) is 0 Å². The lowest BCUT2D eigenvalue weighted by Crippen LogP contribution is -2.42. The molecule has 198 valence electrons. The van der Waals surface area contributed by atoms with Gasteiger partial charge in [0.2, 0.25) is 5.91 Å². The van der Waals surface area contributed by atoms with Gasteiger partial charge in [-0.15, -0.1) is 11.8 Å². The van der Waals surface area contributed by atoms with Gasteiger partial charge in [-0.3, -0.25) is 9.69 Å². The number of rotatable bonds is 11. The summed E-state index contributed by atoms with van der Waals surface area (Å²) in [4.78, 5) is 14.6. The molecular weight excluding hydrogens is 527 g/mol. The molecule has 38 heavy (non-hydrogen) atoms. The molecule has 1 heterocycles. The fourth-order valence-corrected chi connectivity index (χ4v) is 7.99. The van der Waals surface area contributed by atoms with Crippen molar-refractivity contribution in [1.29, 1.82) is 0 Å². The van der Waals surface area contributed by atoms with Crippen LogP contribution in [-0.4, -0.2) is 43.9 Å². The molecule has 1 fully saturated rings. The van der Waals surface area contributed by atoms with Crippen LogP contribution < -0.4 is 0 Å². The van der Waals surface area contributed by atoms with Crippen LogP contribution in [0.4, 0.5) is 0 Å². The molecule has 1 amide bonds. The molecule has 0 aliphatic carbocycles. The number of nitrogens with zero attached hydrogens (tertiary/aromatic N) is 1. The molecule has 1 aliphatic heterocycles. The van der Waals surface area contributed by atoms with Crippen molar-refractivity contribution in [2.24, 2.45) is 5.92 Å². The van der Waals surface area contributed by atoms with Gasteiger partial charge in [0, 0.05) is 11.8 Å². The summed E-state index contributed by atoms with van der Waals surface area (Å²) >= 11 is 8.85. The number of allylic oxidation sites excluding steroid dienone is 1. The Morgan fingerprint density at radius 3 is 1.97 bits per heavy atom. The fraction of sp³-hybridized carbons (Fsp3) is 0.312. The third-order valence-electron chi connectivity index (χ3n) is 6.83. The maximum absolute atomic E-state index is 12.9. The number of thiocarbonyl (C=S) groups is 1. The highest BCUT2D eigenvalue weighted by atomic mass is 32.2. The molecule has 0 saturated carbocycles. The lowest BCUT2D eigenvalue weighted by Gasteiger charge is -2.35. The second-order valence-electron chi connectivity index (χ2n) is 9.77. The zero-order chi connectivity index (χ0) is 27.0. The molecule has 4 rings (SSSR count). The normalized spacial score (nSPS) is 16.9. The number of hydrogen-bond donors (Lipinski definition) is 1. The van der Waals surface area contributed by atoms with Gasteiger partial charge in [0.15, 0.2) is 0 Å². The van der Waals surface area contributed by atoms with Gasteiger partial charge in [0.25, 0.3) is 0 Å². The minimum atomic E-state index is -0.823. The molecule has 3 aromatic carbocycles. The van der Waals surface area contributed by atoms with Crippen molar-refractivity contribution in [2.45, 2.75) is 43.6 Å². The van der Waals surface area contributed by atoms with Crippen LogP contribution in [0.3, 0.4) is 0 Å². The summed E-state index contributed by atoms with van der Waals surface area (Å²) in [6.45, 7) is 4.21. The molecule has 1 saturated heterocycles. The largest absolute Gasteiger partial charge is 0.389 e. The van der Waals surface area contributed by atoms with Crippen LogP contribution >= 0.6 is 35.7 Å². The van der Waals surface area contributed by atoms with Crippen LogP contribution in [0, 0.1) is 5.92 Å². The van der Waals surface area contributed by atoms with E-state index in [1.54, 1.807) is 22.7 Å². The van der Waals surface area contributed by atoms with Gasteiger partial charge in [-0.05, 0) is 34.8 Å². The SMILES string of the molecule is CC(C)[C@@H]1CSC(=S)N1C(=O)CC(O)/C=C/CCSC(c1ccccc1)(c1ccccc1)c1ccccc1. The predicted molar refractivity (Wildman–Crippen MR) is 167 cm³/mol. The van der Waals surface area contributed by atoms with Gasteiger partial charge in [0.05, 0.1) is 17.3 Å². The average molecular weight is 562 g/mol. The van der Waals surface area contributed by atoms with E-state index in [1.165, 1.54) is 16.7 Å². The van der Waals surface area contributed by atoms with Gasteiger partial charge in [-0.1, -0.05) is 141 Å². The summed E-state index contributed by atoms with van der Waals surface area (Å²) < 4.78 is 0.265. The second kappa shape index (κ2) is 13.6. The van der Waals surface area contributed by atoms with E-state index in [0.717, 1.165) is 17.9 Å². The third kappa shape index (κ3) is 6.60. The molecule has 6 heteroatoms. The molecule has 1 N–H and O–H groups in total. The first kappa shape index (κ1) is 28.6. The molecule has 3 nitrogen and oxygen atoms in total. The van der Waals surface area contributed by atoms with Crippen LogP contribution in [-0.2, 0) is 9.54 Å². The van der Waals surface area contributed by atoms with Crippen molar-refractivity contribution in [2.75, 3.05) is 11.5 Å². The van der Waals surface area contributed by atoms with Gasteiger partial charge in [-0.25, -0.2) is 0 Å². The number of hydrogen-bond acceptors (Lipinski definition) is 5. The van der Waals surface area contributed by atoms with E-state index >= 15 is 0 Å². The van der Waals surface area contributed by atoms with Crippen LogP contribution in [0.1, 0.15) is 43.4 Å². The number of amides is 1. The quantitative estimate of drug-likeness (QED) is 0.115. The Hall–Kier alpha value is -2.38. The van der Waals surface area contributed by atoms with Crippen LogP contribution in [0.2, 0.25) is 0 Å². The van der Waals surface area contributed by atoms with Crippen LogP contribution in [0.15, 0.2) is 103 Å². The van der Waals surface area contributed by atoms with E-state index in [4.69, 9.17) is 12.2 Å². The Bertz CT molecular complexity index is 1120. The molecular formula is C32H35NO2S3. The molecule has 1 unspecified atom stereocenters. The molecule has 0 spiro atoms. The van der Waals surface area contributed by atoms with Gasteiger partial charge >= 0.3 is 0 Å². The second-order valence-corrected chi connectivity index (χ2v) is 12.7. The molecule has 2 atom stereocenters. The highest BCUT2D eigenvalue weighted by Crippen LogP contribution is 2.48. The Morgan fingerprint density at radius 2 is 1.50 bits per heavy atom. The fourth-order valence-electron chi connectivity index (χ4n) is 4.86. The van der Waals surface area contributed by atoms with Crippen molar-refractivity contribution < 1.29 is 9.90 Å². The lowest BCUT2D eigenvalue weighted by atomic mass is 9.84. The summed E-state index contributed by atoms with van der Waals surface area (Å²) in [6, 6.07) is 32.0. The first-order valence-corrected chi connectivity index (χ1v) is 15.5. The molecule has 0 bridgehead atoms. The number of benzene rings is 3. The van der Waals surface area contributed by atoms with Crippen molar-refractivity contribution in [3.8, 4) is 0 Å². The van der Waals surface area contributed by atoms with Gasteiger partial charge < -0.3 is 5.11 Å². The monoisotopic (exact) mass is 561 g/mol.